The molecule has 32 heavy (non-hydrogen) atoms. The molecule has 1 N–H and O–H groups in total. The van der Waals surface area contributed by atoms with Gasteiger partial charge in [-0.3, -0.25) is 9.59 Å². The number of esters is 1. The maximum absolute atomic E-state index is 13.4. The summed E-state index contributed by atoms with van der Waals surface area (Å²) in [6.45, 7) is 5.65. The Kier molecular flexibility index (Phi) is 5.87. The van der Waals surface area contributed by atoms with E-state index in [-0.39, 0.29) is 23.6 Å². The van der Waals surface area contributed by atoms with Gasteiger partial charge in [-0.1, -0.05) is 35.9 Å². The highest BCUT2D eigenvalue weighted by atomic mass is 32.1. The molecule has 0 spiro atoms. The van der Waals surface area contributed by atoms with Crippen molar-refractivity contribution >= 4 is 39.0 Å². The first-order chi connectivity index (χ1) is 15.4. The molecule has 8 heteroatoms. The number of rotatable bonds is 5. The fraction of sp³-hybridized carbons (Fsp3) is 0.167. The van der Waals surface area contributed by atoms with Crippen molar-refractivity contribution in [1.82, 2.24) is 9.78 Å². The average Bonchev–Trinajstić information content (AvgIpc) is 3.19. The second-order valence-electron chi connectivity index (χ2n) is 7.24. The predicted molar refractivity (Wildman–Crippen MR) is 125 cm³/mol. The van der Waals surface area contributed by atoms with Crippen molar-refractivity contribution in [3.63, 3.8) is 0 Å². The third kappa shape index (κ3) is 3.92. The van der Waals surface area contributed by atoms with Crippen LogP contribution in [0.25, 0.3) is 16.5 Å². The molecule has 0 saturated heterocycles. The van der Waals surface area contributed by atoms with Gasteiger partial charge in [-0.25, -0.2) is 4.79 Å². The predicted octanol–water partition coefficient (Wildman–Crippen LogP) is 4.49. The van der Waals surface area contributed by atoms with Crippen LogP contribution in [-0.2, 0) is 4.74 Å². The molecule has 0 unspecified atom stereocenters. The summed E-state index contributed by atoms with van der Waals surface area (Å²) in [4.78, 5) is 38.9. The van der Waals surface area contributed by atoms with Crippen LogP contribution in [0.1, 0.15) is 38.9 Å². The van der Waals surface area contributed by atoms with Crippen molar-refractivity contribution in [3.05, 3.63) is 86.6 Å². The second kappa shape index (κ2) is 8.76. The van der Waals surface area contributed by atoms with Gasteiger partial charge in [0.05, 0.1) is 17.7 Å². The molecule has 0 bridgehead atoms. The van der Waals surface area contributed by atoms with E-state index in [9.17, 15) is 14.4 Å². The van der Waals surface area contributed by atoms with Gasteiger partial charge in [0.2, 0.25) is 0 Å². The maximum atomic E-state index is 13.4. The molecule has 0 atom stereocenters. The van der Waals surface area contributed by atoms with Crippen molar-refractivity contribution in [3.8, 4) is 5.69 Å². The number of nitrogens with one attached hydrogen (secondary N) is 1. The molecule has 0 aliphatic carbocycles. The Morgan fingerprint density at radius 1 is 1.09 bits per heavy atom. The van der Waals surface area contributed by atoms with Crippen molar-refractivity contribution < 1.29 is 14.3 Å². The highest BCUT2D eigenvalue weighted by Gasteiger charge is 2.23. The Labute approximate surface area is 188 Å². The number of amides is 1. The smallest absolute Gasteiger partial charge is 0.359 e. The summed E-state index contributed by atoms with van der Waals surface area (Å²) >= 11 is 1.17. The van der Waals surface area contributed by atoms with Gasteiger partial charge in [-0.05, 0) is 44.5 Å². The van der Waals surface area contributed by atoms with Crippen LogP contribution < -0.4 is 10.9 Å². The van der Waals surface area contributed by atoms with Gasteiger partial charge in [0.25, 0.3) is 11.5 Å². The fourth-order valence-electron chi connectivity index (χ4n) is 3.35. The van der Waals surface area contributed by atoms with Crippen LogP contribution in [0, 0.1) is 13.8 Å². The number of hydrogen-bond donors (Lipinski definition) is 1. The second-order valence-corrected chi connectivity index (χ2v) is 8.12. The molecule has 0 aliphatic heterocycles. The minimum Gasteiger partial charge on any atom is -0.461 e. The number of benzene rings is 2. The number of fused-ring (bicyclic) bond motifs is 1. The Hall–Kier alpha value is -3.78. The number of aromatic nitrogens is 2. The molecule has 0 saturated carbocycles. The number of thiophene rings is 1. The van der Waals surface area contributed by atoms with E-state index >= 15 is 0 Å². The largest absolute Gasteiger partial charge is 0.461 e. The normalized spacial score (nSPS) is 10.8. The number of ether oxygens (including phenoxy) is 1. The van der Waals surface area contributed by atoms with Crippen LogP contribution in [-0.4, -0.2) is 28.3 Å². The number of aryl methyl sites for hydroxylation is 2. The van der Waals surface area contributed by atoms with E-state index < -0.39 is 11.5 Å². The molecule has 2 heterocycles. The monoisotopic (exact) mass is 447 g/mol. The van der Waals surface area contributed by atoms with Crippen LogP contribution >= 0.6 is 11.3 Å². The molecule has 4 rings (SSSR count). The molecule has 2 aromatic carbocycles. The highest BCUT2D eigenvalue weighted by molar-refractivity contribution is 7.16. The molecular weight excluding hydrogens is 426 g/mol. The molecule has 162 valence electrons. The Morgan fingerprint density at radius 2 is 1.81 bits per heavy atom. The van der Waals surface area contributed by atoms with Gasteiger partial charge in [0.15, 0.2) is 5.69 Å². The van der Waals surface area contributed by atoms with Crippen LogP contribution in [0.3, 0.4) is 0 Å². The molecular formula is C24H21N3O4S. The minimum atomic E-state index is -0.632. The molecule has 0 aliphatic rings. The van der Waals surface area contributed by atoms with E-state index in [1.165, 1.54) is 16.0 Å². The summed E-state index contributed by atoms with van der Waals surface area (Å²) < 4.78 is 6.33. The zero-order valence-corrected chi connectivity index (χ0v) is 18.7. The average molecular weight is 448 g/mol. The Morgan fingerprint density at radius 3 is 2.50 bits per heavy atom. The van der Waals surface area contributed by atoms with E-state index in [4.69, 9.17) is 4.74 Å². The summed E-state index contributed by atoms with van der Waals surface area (Å²) in [7, 11) is 0. The molecule has 2 aromatic heterocycles. The van der Waals surface area contributed by atoms with Gasteiger partial charge < -0.3 is 10.1 Å². The first-order valence-electron chi connectivity index (χ1n) is 10.1. The van der Waals surface area contributed by atoms with Crippen molar-refractivity contribution in [2.45, 2.75) is 20.8 Å². The lowest BCUT2D eigenvalue weighted by Gasteiger charge is -2.10. The van der Waals surface area contributed by atoms with Crippen LogP contribution in [0.5, 0.6) is 0 Å². The van der Waals surface area contributed by atoms with Crippen molar-refractivity contribution in [2.75, 3.05) is 11.9 Å². The zero-order valence-electron chi connectivity index (χ0n) is 17.8. The summed E-state index contributed by atoms with van der Waals surface area (Å²) in [6, 6.07) is 14.4. The molecule has 1 amide bonds. The lowest BCUT2D eigenvalue weighted by molar-refractivity contribution is 0.0520. The van der Waals surface area contributed by atoms with Crippen molar-refractivity contribution in [1.29, 1.82) is 0 Å². The summed E-state index contributed by atoms with van der Waals surface area (Å²) in [6.07, 6.45) is 0. The summed E-state index contributed by atoms with van der Waals surface area (Å²) in [5.41, 5.74) is 2.45. The lowest BCUT2D eigenvalue weighted by Crippen LogP contribution is -2.25. The first kappa shape index (κ1) is 21.5. The Balaban J connectivity index is 1.89. The standard InChI is InChI=1S/C24H21N3O4S/c1-4-31-24(30)20-18-13-32-22(25-21(28)17-8-6-5-7-15(17)3)19(18)23(29)27(26-20)16-11-9-14(2)10-12-16/h5-13H,4H2,1-3H3,(H,25,28). The minimum absolute atomic E-state index is 0.0228. The first-order valence-corrected chi connectivity index (χ1v) is 10.9. The lowest BCUT2D eigenvalue weighted by atomic mass is 10.1. The van der Waals surface area contributed by atoms with E-state index in [1.807, 2.05) is 38.1 Å². The van der Waals surface area contributed by atoms with Crippen LogP contribution in [0.15, 0.2) is 58.7 Å². The highest BCUT2D eigenvalue weighted by Crippen LogP contribution is 2.31. The molecule has 4 aromatic rings. The summed E-state index contributed by atoms with van der Waals surface area (Å²) in [5.74, 6) is -0.962. The molecule has 0 radical (unpaired) electrons. The third-order valence-electron chi connectivity index (χ3n) is 5.02. The Bertz CT molecular complexity index is 1390. The van der Waals surface area contributed by atoms with Gasteiger partial charge in [-0.2, -0.15) is 9.78 Å². The van der Waals surface area contributed by atoms with E-state index in [0.29, 0.717) is 21.6 Å². The van der Waals surface area contributed by atoms with E-state index in [2.05, 4.69) is 10.4 Å². The molecule has 7 nitrogen and oxygen atoms in total. The van der Waals surface area contributed by atoms with E-state index in [0.717, 1.165) is 11.1 Å². The van der Waals surface area contributed by atoms with Gasteiger partial charge >= 0.3 is 5.97 Å². The SMILES string of the molecule is CCOC(=O)c1nn(-c2ccc(C)cc2)c(=O)c2c(NC(=O)c3ccccc3C)scc12. The van der Waals surface area contributed by atoms with Gasteiger partial charge in [0, 0.05) is 16.3 Å². The summed E-state index contributed by atoms with van der Waals surface area (Å²) in [5, 5.41) is 9.71. The third-order valence-corrected chi connectivity index (χ3v) is 5.91. The number of carbonyl (C=O) groups excluding carboxylic acids is 2. The number of anilines is 1. The van der Waals surface area contributed by atoms with Crippen LogP contribution in [0.4, 0.5) is 5.00 Å². The van der Waals surface area contributed by atoms with E-state index in [1.54, 1.807) is 36.6 Å². The maximum Gasteiger partial charge on any atom is 0.359 e. The number of carbonyl (C=O) groups is 2. The van der Waals surface area contributed by atoms with Crippen LogP contribution in [0.2, 0.25) is 0 Å². The van der Waals surface area contributed by atoms with Gasteiger partial charge in [0.1, 0.15) is 5.00 Å². The topological polar surface area (TPSA) is 90.3 Å². The zero-order chi connectivity index (χ0) is 22.8. The number of nitrogens with zero attached hydrogens (tertiary/aromatic N) is 2. The van der Waals surface area contributed by atoms with Crippen molar-refractivity contribution in [2.24, 2.45) is 0 Å². The quantitative estimate of drug-likeness (QED) is 0.455. The molecule has 0 fully saturated rings. The number of hydrogen-bond acceptors (Lipinski definition) is 6. The fourth-order valence-corrected chi connectivity index (χ4v) is 4.28. The van der Waals surface area contributed by atoms with Gasteiger partial charge in [-0.15, -0.1) is 11.3 Å².